The summed E-state index contributed by atoms with van der Waals surface area (Å²) in [5.74, 6) is 1.03. The van der Waals surface area contributed by atoms with Gasteiger partial charge < -0.3 is 10.6 Å². The highest BCUT2D eigenvalue weighted by Crippen LogP contribution is 2.16. The topological polar surface area (TPSA) is 45.4 Å². The molecule has 1 fully saturated rings. The van der Waals surface area contributed by atoms with Crippen LogP contribution in [0.1, 0.15) is 11.1 Å². The molecule has 1 saturated heterocycles. The molecule has 0 aliphatic carbocycles. The van der Waals surface area contributed by atoms with Gasteiger partial charge in [0.25, 0.3) is 0 Å². The Bertz CT molecular complexity index is 569. The van der Waals surface area contributed by atoms with Crippen LogP contribution in [-0.2, 0) is 6.54 Å². The summed E-state index contributed by atoms with van der Waals surface area (Å²) in [5, 5.41) is 0. The number of anilines is 2. The van der Waals surface area contributed by atoms with Crippen molar-refractivity contribution in [3.63, 3.8) is 0 Å². The molecule has 0 radical (unpaired) electrons. The van der Waals surface area contributed by atoms with Gasteiger partial charge in [0.2, 0.25) is 0 Å². The van der Waals surface area contributed by atoms with Crippen LogP contribution >= 0.6 is 0 Å². The lowest BCUT2D eigenvalue weighted by atomic mass is 10.1. The summed E-state index contributed by atoms with van der Waals surface area (Å²) in [4.78, 5) is 9.23. The molecule has 2 N–H and O–H groups in total. The third-order valence-corrected chi connectivity index (χ3v) is 3.99. The normalized spacial score (nSPS) is 16.1. The van der Waals surface area contributed by atoms with E-state index in [-0.39, 0.29) is 0 Å². The Kier molecular flexibility index (Phi) is 4.06. The monoisotopic (exact) mass is 282 g/mol. The maximum atomic E-state index is 5.69. The minimum Gasteiger partial charge on any atom is -0.397 e. The predicted molar refractivity (Wildman–Crippen MR) is 87.3 cm³/mol. The highest BCUT2D eigenvalue weighted by atomic mass is 15.3. The van der Waals surface area contributed by atoms with E-state index in [4.69, 9.17) is 5.73 Å². The lowest BCUT2D eigenvalue weighted by molar-refractivity contribution is 0.249. The Morgan fingerprint density at radius 2 is 1.71 bits per heavy atom. The number of nitrogens with two attached hydrogens (primary N) is 1. The molecule has 3 rings (SSSR count). The Morgan fingerprint density at radius 3 is 2.33 bits per heavy atom. The standard InChI is InChI=1S/C17H22N4/c1-14-2-4-15(5-3-14)13-20-8-10-21(11-9-20)17-7-6-16(18)12-19-17/h2-7,12H,8-11,13,18H2,1H3. The smallest absolute Gasteiger partial charge is 0.128 e. The molecular formula is C17H22N4. The molecule has 1 aliphatic rings. The van der Waals surface area contributed by atoms with Gasteiger partial charge in [-0.2, -0.15) is 0 Å². The summed E-state index contributed by atoms with van der Waals surface area (Å²) in [6, 6.07) is 12.7. The van der Waals surface area contributed by atoms with E-state index in [9.17, 15) is 0 Å². The van der Waals surface area contributed by atoms with Gasteiger partial charge in [0.1, 0.15) is 5.82 Å². The average Bonchev–Trinajstić information content (AvgIpc) is 2.51. The molecular weight excluding hydrogens is 260 g/mol. The molecule has 21 heavy (non-hydrogen) atoms. The van der Waals surface area contributed by atoms with Crippen LogP contribution in [0.2, 0.25) is 0 Å². The Morgan fingerprint density at radius 1 is 1.00 bits per heavy atom. The van der Waals surface area contributed by atoms with E-state index in [2.05, 4.69) is 46.0 Å². The number of aryl methyl sites for hydroxylation is 1. The van der Waals surface area contributed by atoms with E-state index < -0.39 is 0 Å². The first kappa shape index (κ1) is 13.9. The van der Waals surface area contributed by atoms with Crippen LogP contribution < -0.4 is 10.6 Å². The summed E-state index contributed by atoms with van der Waals surface area (Å²) < 4.78 is 0. The number of nitrogen functional groups attached to an aromatic ring is 1. The molecule has 2 heterocycles. The molecule has 110 valence electrons. The van der Waals surface area contributed by atoms with Crippen molar-refractivity contribution in [3.05, 3.63) is 53.7 Å². The van der Waals surface area contributed by atoms with Crippen molar-refractivity contribution >= 4 is 11.5 Å². The van der Waals surface area contributed by atoms with Gasteiger partial charge in [-0.15, -0.1) is 0 Å². The maximum Gasteiger partial charge on any atom is 0.128 e. The van der Waals surface area contributed by atoms with Gasteiger partial charge >= 0.3 is 0 Å². The van der Waals surface area contributed by atoms with Crippen molar-refractivity contribution in [2.75, 3.05) is 36.8 Å². The van der Waals surface area contributed by atoms with E-state index in [1.807, 2.05) is 12.1 Å². The van der Waals surface area contributed by atoms with Gasteiger partial charge in [-0.3, -0.25) is 4.90 Å². The van der Waals surface area contributed by atoms with E-state index in [1.165, 1.54) is 11.1 Å². The number of hydrogen-bond acceptors (Lipinski definition) is 4. The second kappa shape index (κ2) is 6.14. The molecule has 4 heteroatoms. The van der Waals surface area contributed by atoms with Gasteiger partial charge in [-0.25, -0.2) is 4.98 Å². The molecule has 0 saturated carbocycles. The zero-order chi connectivity index (χ0) is 14.7. The third kappa shape index (κ3) is 3.52. The van der Waals surface area contributed by atoms with Crippen LogP contribution in [0.15, 0.2) is 42.6 Å². The lowest BCUT2D eigenvalue weighted by Crippen LogP contribution is -2.46. The number of pyridine rings is 1. The Balaban J connectivity index is 1.55. The fourth-order valence-corrected chi connectivity index (χ4v) is 2.67. The highest BCUT2D eigenvalue weighted by Gasteiger charge is 2.17. The van der Waals surface area contributed by atoms with Gasteiger partial charge in [0, 0.05) is 32.7 Å². The zero-order valence-electron chi connectivity index (χ0n) is 12.5. The summed E-state index contributed by atoms with van der Waals surface area (Å²) in [6.45, 7) is 7.33. The van der Waals surface area contributed by atoms with Crippen molar-refractivity contribution in [3.8, 4) is 0 Å². The fourth-order valence-electron chi connectivity index (χ4n) is 2.67. The first-order valence-electron chi connectivity index (χ1n) is 7.45. The SMILES string of the molecule is Cc1ccc(CN2CCN(c3ccc(N)cn3)CC2)cc1. The van der Waals surface area contributed by atoms with Gasteiger partial charge in [0.15, 0.2) is 0 Å². The summed E-state index contributed by atoms with van der Waals surface area (Å²) >= 11 is 0. The van der Waals surface area contributed by atoms with Crippen LogP contribution in [0.25, 0.3) is 0 Å². The average molecular weight is 282 g/mol. The van der Waals surface area contributed by atoms with Gasteiger partial charge in [-0.05, 0) is 24.6 Å². The first-order chi connectivity index (χ1) is 10.2. The van der Waals surface area contributed by atoms with E-state index in [1.54, 1.807) is 6.20 Å². The van der Waals surface area contributed by atoms with Crippen LogP contribution in [0.3, 0.4) is 0 Å². The summed E-state index contributed by atoms with van der Waals surface area (Å²) in [6.07, 6.45) is 1.73. The predicted octanol–water partition coefficient (Wildman–Crippen LogP) is 2.29. The minimum absolute atomic E-state index is 0.719. The second-order valence-electron chi connectivity index (χ2n) is 5.70. The highest BCUT2D eigenvalue weighted by molar-refractivity contribution is 5.46. The molecule has 4 nitrogen and oxygen atoms in total. The van der Waals surface area contributed by atoms with Crippen LogP contribution in [-0.4, -0.2) is 36.1 Å². The van der Waals surface area contributed by atoms with Crippen molar-refractivity contribution in [1.82, 2.24) is 9.88 Å². The maximum absolute atomic E-state index is 5.69. The Labute approximate surface area is 126 Å². The minimum atomic E-state index is 0.719. The molecule has 0 atom stereocenters. The molecule has 0 amide bonds. The van der Waals surface area contributed by atoms with Crippen LogP contribution in [0.5, 0.6) is 0 Å². The molecule has 0 spiro atoms. The molecule has 2 aromatic rings. The van der Waals surface area contributed by atoms with E-state index in [0.717, 1.165) is 44.2 Å². The fraction of sp³-hybridized carbons (Fsp3) is 0.353. The number of rotatable bonds is 3. The molecule has 1 aromatic heterocycles. The molecule has 1 aromatic carbocycles. The third-order valence-electron chi connectivity index (χ3n) is 3.99. The summed E-state index contributed by atoms with van der Waals surface area (Å²) in [5.41, 5.74) is 9.11. The number of hydrogen-bond donors (Lipinski definition) is 1. The van der Waals surface area contributed by atoms with Crippen molar-refractivity contribution in [2.45, 2.75) is 13.5 Å². The number of benzene rings is 1. The quantitative estimate of drug-likeness (QED) is 0.938. The van der Waals surface area contributed by atoms with Crippen molar-refractivity contribution in [1.29, 1.82) is 0 Å². The van der Waals surface area contributed by atoms with Crippen LogP contribution in [0.4, 0.5) is 11.5 Å². The van der Waals surface area contributed by atoms with E-state index >= 15 is 0 Å². The van der Waals surface area contributed by atoms with Crippen LogP contribution in [0, 0.1) is 6.92 Å². The zero-order valence-corrected chi connectivity index (χ0v) is 12.5. The largest absolute Gasteiger partial charge is 0.397 e. The van der Waals surface area contributed by atoms with Gasteiger partial charge in [-0.1, -0.05) is 29.8 Å². The molecule has 1 aliphatic heterocycles. The number of nitrogens with zero attached hydrogens (tertiary/aromatic N) is 3. The number of piperazine rings is 1. The molecule has 0 bridgehead atoms. The van der Waals surface area contributed by atoms with E-state index in [0.29, 0.717) is 0 Å². The van der Waals surface area contributed by atoms with Crippen molar-refractivity contribution < 1.29 is 0 Å². The Hall–Kier alpha value is -2.07. The molecule has 0 unspecified atom stereocenters. The number of aromatic nitrogens is 1. The second-order valence-corrected chi connectivity index (χ2v) is 5.70. The first-order valence-corrected chi connectivity index (χ1v) is 7.45. The van der Waals surface area contributed by atoms with Gasteiger partial charge in [0.05, 0.1) is 11.9 Å². The lowest BCUT2D eigenvalue weighted by Gasteiger charge is -2.35. The summed E-state index contributed by atoms with van der Waals surface area (Å²) in [7, 11) is 0. The van der Waals surface area contributed by atoms with Crippen molar-refractivity contribution in [2.24, 2.45) is 0 Å².